The molecule has 0 bridgehead atoms. The first-order valence-electron chi connectivity index (χ1n) is 7.92. The minimum absolute atomic E-state index is 0. The summed E-state index contributed by atoms with van der Waals surface area (Å²) >= 11 is 0. The second-order valence-electron chi connectivity index (χ2n) is 6.52. The van der Waals surface area contributed by atoms with Crippen LogP contribution in [-0.4, -0.2) is 56.9 Å². The van der Waals surface area contributed by atoms with Crippen molar-refractivity contribution in [2.45, 2.75) is 38.3 Å². The van der Waals surface area contributed by atoms with Gasteiger partial charge in [0.15, 0.2) is 0 Å². The number of halogens is 4. The maximum absolute atomic E-state index is 12.9. The molecule has 1 saturated carbocycles. The molecule has 0 aromatic heterocycles. The number of ether oxygens (including phenoxy) is 1. The van der Waals surface area contributed by atoms with E-state index in [0.29, 0.717) is 38.4 Å². The third-order valence-corrected chi connectivity index (χ3v) is 4.56. The van der Waals surface area contributed by atoms with Crippen LogP contribution in [-0.2, 0) is 9.53 Å². The molecule has 0 unspecified atom stereocenters. The largest absolute Gasteiger partial charge is 0.390 e. The van der Waals surface area contributed by atoms with Crippen molar-refractivity contribution in [3.05, 3.63) is 0 Å². The number of hydrogen-bond acceptors (Lipinski definition) is 3. The Morgan fingerprint density at radius 3 is 2.39 bits per heavy atom. The van der Waals surface area contributed by atoms with Crippen molar-refractivity contribution in [1.82, 2.24) is 10.2 Å². The topological polar surface area (TPSA) is 41.6 Å². The van der Waals surface area contributed by atoms with Crippen molar-refractivity contribution in [1.29, 1.82) is 0 Å². The molecule has 136 valence electrons. The fourth-order valence-corrected chi connectivity index (χ4v) is 3.09. The summed E-state index contributed by atoms with van der Waals surface area (Å²) in [7, 11) is 1.54. The molecule has 1 aliphatic carbocycles. The van der Waals surface area contributed by atoms with Gasteiger partial charge in [-0.3, -0.25) is 4.79 Å². The van der Waals surface area contributed by atoms with Gasteiger partial charge in [0.2, 0.25) is 5.91 Å². The van der Waals surface area contributed by atoms with Gasteiger partial charge in [0, 0.05) is 20.2 Å². The van der Waals surface area contributed by atoms with E-state index in [1.165, 1.54) is 12.0 Å². The molecule has 2 fully saturated rings. The number of hydrogen-bond donors (Lipinski definition) is 1. The molecule has 0 radical (unpaired) electrons. The Labute approximate surface area is 141 Å². The normalized spacial score (nSPS) is 20.7. The van der Waals surface area contributed by atoms with Crippen molar-refractivity contribution in [3.8, 4) is 0 Å². The third kappa shape index (κ3) is 6.12. The number of alkyl halides is 3. The second kappa shape index (κ2) is 8.53. The highest BCUT2D eigenvalue weighted by molar-refractivity contribution is 5.85. The van der Waals surface area contributed by atoms with Gasteiger partial charge < -0.3 is 15.0 Å². The summed E-state index contributed by atoms with van der Waals surface area (Å²) < 4.78 is 42.9. The Hall–Kier alpha value is -0.530. The molecule has 2 rings (SSSR count). The van der Waals surface area contributed by atoms with Crippen LogP contribution < -0.4 is 5.32 Å². The molecule has 1 heterocycles. The first-order chi connectivity index (χ1) is 10.4. The smallest absolute Gasteiger partial charge is 0.384 e. The molecule has 0 atom stereocenters. The summed E-state index contributed by atoms with van der Waals surface area (Å²) in [5.41, 5.74) is -0.666. The average Bonchev–Trinajstić information content (AvgIpc) is 3.27. The van der Waals surface area contributed by atoms with Gasteiger partial charge in [0.05, 0.1) is 18.4 Å². The maximum Gasteiger partial charge on any atom is 0.390 e. The summed E-state index contributed by atoms with van der Waals surface area (Å²) in [5.74, 6) is 0.213. The van der Waals surface area contributed by atoms with Gasteiger partial charge in [-0.05, 0) is 44.7 Å². The highest BCUT2D eigenvalue weighted by Gasteiger charge is 2.44. The van der Waals surface area contributed by atoms with Crippen LogP contribution in [0.25, 0.3) is 0 Å². The van der Waals surface area contributed by atoms with Crippen LogP contribution in [0.5, 0.6) is 0 Å². The van der Waals surface area contributed by atoms with Crippen LogP contribution in [0.4, 0.5) is 13.2 Å². The molecular formula is C15H26ClF3N2O2. The first kappa shape index (κ1) is 20.5. The van der Waals surface area contributed by atoms with Gasteiger partial charge in [0.25, 0.3) is 0 Å². The van der Waals surface area contributed by atoms with E-state index in [-0.39, 0.29) is 31.5 Å². The molecule has 0 spiro atoms. The van der Waals surface area contributed by atoms with Gasteiger partial charge in [-0.1, -0.05) is 0 Å². The van der Waals surface area contributed by atoms with E-state index in [4.69, 9.17) is 4.74 Å². The molecule has 2 aliphatic rings. The van der Waals surface area contributed by atoms with Crippen LogP contribution in [0.15, 0.2) is 0 Å². The van der Waals surface area contributed by atoms with Crippen LogP contribution in [0, 0.1) is 11.3 Å². The maximum atomic E-state index is 12.9. The summed E-state index contributed by atoms with van der Waals surface area (Å²) in [6.45, 7) is 1.89. The summed E-state index contributed by atoms with van der Waals surface area (Å²) in [6.07, 6.45) is -1.92. The highest BCUT2D eigenvalue weighted by Crippen LogP contribution is 2.35. The number of nitrogens with one attached hydrogen (secondary N) is 1. The lowest BCUT2D eigenvalue weighted by molar-refractivity contribution is -0.155. The number of nitrogens with zero attached hydrogens (tertiary/aromatic N) is 1. The van der Waals surface area contributed by atoms with Crippen LogP contribution in [0.2, 0.25) is 0 Å². The van der Waals surface area contributed by atoms with Crippen molar-refractivity contribution in [3.63, 3.8) is 0 Å². The minimum Gasteiger partial charge on any atom is -0.384 e. The van der Waals surface area contributed by atoms with Gasteiger partial charge >= 0.3 is 6.18 Å². The van der Waals surface area contributed by atoms with E-state index in [0.717, 1.165) is 12.8 Å². The Morgan fingerprint density at radius 1 is 1.30 bits per heavy atom. The van der Waals surface area contributed by atoms with Crippen molar-refractivity contribution >= 4 is 18.3 Å². The van der Waals surface area contributed by atoms with E-state index >= 15 is 0 Å². The average molecular weight is 359 g/mol. The quantitative estimate of drug-likeness (QED) is 0.760. The lowest BCUT2D eigenvalue weighted by Gasteiger charge is -2.39. The molecular weight excluding hydrogens is 333 g/mol. The highest BCUT2D eigenvalue weighted by atomic mass is 35.5. The Kier molecular flexibility index (Phi) is 7.61. The monoisotopic (exact) mass is 358 g/mol. The summed E-state index contributed by atoms with van der Waals surface area (Å²) in [6, 6.07) is 0. The van der Waals surface area contributed by atoms with Crippen molar-refractivity contribution < 1.29 is 22.7 Å². The molecule has 0 aromatic carbocycles. The van der Waals surface area contributed by atoms with E-state index < -0.39 is 18.0 Å². The van der Waals surface area contributed by atoms with Crippen LogP contribution >= 0.6 is 12.4 Å². The van der Waals surface area contributed by atoms with E-state index in [2.05, 4.69) is 5.32 Å². The Bertz CT molecular complexity index is 378. The molecule has 0 aromatic rings. The minimum atomic E-state index is -4.23. The van der Waals surface area contributed by atoms with Crippen molar-refractivity contribution in [2.75, 3.05) is 39.9 Å². The number of methoxy groups -OCH3 is 1. The Balaban J connectivity index is 0.00000264. The second-order valence-corrected chi connectivity index (χ2v) is 6.52. The fourth-order valence-electron chi connectivity index (χ4n) is 3.09. The zero-order valence-corrected chi connectivity index (χ0v) is 14.3. The molecule has 8 heteroatoms. The molecule has 1 amide bonds. The van der Waals surface area contributed by atoms with E-state index in [1.54, 1.807) is 0 Å². The lowest BCUT2D eigenvalue weighted by Crippen LogP contribution is -2.52. The summed E-state index contributed by atoms with van der Waals surface area (Å²) in [5, 5.41) is 3.19. The molecule has 23 heavy (non-hydrogen) atoms. The third-order valence-electron chi connectivity index (χ3n) is 4.56. The van der Waals surface area contributed by atoms with Crippen molar-refractivity contribution in [2.24, 2.45) is 11.3 Å². The number of carbonyl (C=O) groups is 1. The van der Waals surface area contributed by atoms with Crippen LogP contribution in [0.1, 0.15) is 32.1 Å². The first-order valence-corrected chi connectivity index (χ1v) is 7.92. The lowest BCUT2D eigenvalue weighted by atomic mass is 9.78. The van der Waals surface area contributed by atoms with Crippen LogP contribution in [0.3, 0.4) is 0 Å². The van der Waals surface area contributed by atoms with Gasteiger partial charge in [-0.15, -0.1) is 12.4 Å². The molecule has 1 aliphatic heterocycles. The zero-order valence-electron chi connectivity index (χ0n) is 13.5. The molecule has 1 saturated heterocycles. The van der Waals surface area contributed by atoms with Gasteiger partial charge in [-0.25, -0.2) is 0 Å². The number of amides is 1. The standard InChI is InChI=1S/C15H25F3N2O2.ClH/c1-22-11-14(4-7-19-8-5-14)13(21)20(10-12-2-3-12)9-6-15(16,17)18;/h12,19H,2-11H2,1H3;1H. The Morgan fingerprint density at radius 2 is 1.91 bits per heavy atom. The predicted molar refractivity (Wildman–Crippen MR) is 83.6 cm³/mol. The zero-order chi connectivity index (χ0) is 16.2. The molecule has 1 N–H and O–H groups in total. The van der Waals surface area contributed by atoms with Gasteiger partial charge in [0.1, 0.15) is 0 Å². The van der Waals surface area contributed by atoms with E-state index in [9.17, 15) is 18.0 Å². The van der Waals surface area contributed by atoms with E-state index in [1.807, 2.05) is 0 Å². The summed E-state index contributed by atoms with van der Waals surface area (Å²) in [4.78, 5) is 14.4. The predicted octanol–water partition coefficient (Wildman–Crippen LogP) is 2.62. The SMILES string of the molecule is COCC1(C(=O)N(CCC(F)(F)F)CC2CC2)CCNCC1.Cl. The molecule has 4 nitrogen and oxygen atoms in total. The number of rotatable bonds is 7. The van der Waals surface area contributed by atoms with Gasteiger partial charge in [-0.2, -0.15) is 13.2 Å². The number of piperidine rings is 1. The fraction of sp³-hybridized carbons (Fsp3) is 0.933. The number of carbonyl (C=O) groups excluding carboxylic acids is 1.